The molecule has 0 saturated carbocycles. The topological polar surface area (TPSA) is 12.0 Å². The van der Waals surface area contributed by atoms with Gasteiger partial charge in [0.15, 0.2) is 0 Å². The highest BCUT2D eigenvalue weighted by atomic mass is 79.9. The molecule has 0 spiro atoms. The maximum Gasteiger partial charge on any atom is 0.124 e. The molecule has 106 valence electrons. The van der Waals surface area contributed by atoms with Crippen molar-refractivity contribution in [3.8, 4) is 0 Å². The van der Waals surface area contributed by atoms with Crippen molar-refractivity contribution in [2.24, 2.45) is 0 Å². The van der Waals surface area contributed by atoms with Crippen LogP contribution >= 0.6 is 15.9 Å². The molecule has 0 aliphatic heterocycles. The Morgan fingerprint density at radius 2 is 1.50 bits per heavy atom. The van der Waals surface area contributed by atoms with Crippen molar-refractivity contribution < 1.29 is 8.78 Å². The van der Waals surface area contributed by atoms with E-state index in [0.717, 1.165) is 22.3 Å². The Morgan fingerprint density at radius 3 is 2.00 bits per heavy atom. The van der Waals surface area contributed by atoms with Gasteiger partial charge in [0.05, 0.1) is 6.04 Å². The van der Waals surface area contributed by atoms with Gasteiger partial charge in [0.25, 0.3) is 0 Å². The second-order valence-corrected chi connectivity index (χ2v) is 5.79. The minimum absolute atomic E-state index is 0.178. The highest BCUT2D eigenvalue weighted by Gasteiger charge is 2.18. The molecule has 0 aromatic heterocycles. The number of rotatable bonds is 3. The molecule has 1 unspecified atom stereocenters. The number of benzene rings is 2. The Bertz CT molecular complexity index is 597. The van der Waals surface area contributed by atoms with Crippen molar-refractivity contribution in [2.75, 3.05) is 7.05 Å². The molecule has 0 fully saturated rings. The molecule has 2 rings (SSSR count). The fourth-order valence-corrected chi connectivity index (χ4v) is 3.08. The summed E-state index contributed by atoms with van der Waals surface area (Å²) in [5, 5.41) is 3.18. The minimum Gasteiger partial charge on any atom is -0.309 e. The summed E-state index contributed by atoms with van der Waals surface area (Å²) in [7, 11) is 1.81. The fourth-order valence-electron chi connectivity index (χ4n) is 2.60. The van der Waals surface area contributed by atoms with E-state index in [1.54, 1.807) is 0 Å². The van der Waals surface area contributed by atoms with Gasteiger partial charge in [-0.1, -0.05) is 15.9 Å². The van der Waals surface area contributed by atoms with Gasteiger partial charge in [0.2, 0.25) is 0 Å². The van der Waals surface area contributed by atoms with Crippen molar-refractivity contribution in [3.63, 3.8) is 0 Å². The van der Waals surface area contributed by atoms with E-state index in [0.29, 0.717) is 4.47 Å². The molecule has 0 aliphatic carbocycles. The SMILES string of the molecule is CNC(c1cc(F)cc(Br)c1)c1c(C)cc(F)cc1C. The number of hydrogen-bond donors (Lipinski definition) is 1. The van der Waals surface area contributed by atoms with Gasteiger partial charge in [-0.15, -0.1) is 0 Å². The summed E-state index contributed by atoms with van der Waals surface area (Å²) in [4.78, 5) is 0. The number of halogens is 3. The van der Waals surface area contributed by atoms with Crippen molar-refractivity contribution in [1.82, 2.24) is 5.32 Å². The van der Waals surface area contributed by atoms with E-state index in [9.17, 15) is 8.78 Å². The van der Waals surface area contributed by atoms with Crippen molar-refractivity contribution in [2.45, 2.75) is 19.9 Å². The van der Waals surface area contributed by atoms with Crippen LogP contribution in [0.2, 0.25) is 0 Å². The lowest BCUT2D eigenvalue weighted by Crippen LogP contribution is -2.20. The molecule has 2 aromatic carbocycles. The van der Waals surface area contributed by atoms with Gasteiger partial charge in [-0.05, 0) is 73.5 Å². The first-order valence-corrected chi connectivity index (χ1v) is 7.11. The van der Waals surface area contributed by atoms with Crippen LogP contribution in [0.5, 0.6) is 0 Å². The normalized spacial score (nSPS) is 12.5. The van der Waals surface area contributed by atoms with E-state index < -0.39 is 0 Å². The average molecular weight is 340 g/mol. The number of nitrogens with one attached hydrogen (secondary N) is 1. The number of hydrogen-bond acceptors (Lipinski definition) is 1. The molecular weight excluding hydrogens is 324 g/mol. The summed E-state index contributed by atoms with van der Waals surface area (Å²) >= 11 is 3.30. The van der Waals surface area contributed by atoms with Crippen molar-refractivity contribution >= 4 is 15.9 Å². The van der Waals surface area contributed by atoms with Crippen LogP contribution in [0, 0.1) is 25.5 Å². The molecular formula is C16H16BrF2N. The van der Waals surface area contributed by atoms with E-state index in [1.807, 2.05) is 27.0 Å². The molecule has 1 atom stereocenters. The molecule has 0 amide bonds. The molecule has 0 aliphatic rings. The Hall–Kier alpha value is -1.26. The summed E-state index contributed by atoms with van der Waals surface area (Å²) in [6.45, 7) is 3.73. The third kappa shape index (κ3) is 3.07. The van der Waals surface area contributed by atoms with Gasteiger partial charge in [-0.25, -0.2) is 8.78 Å². The lowest BCUT2D eigenvalue weighted by atomic mass is 9.91. The van der Waals surface area contributed by atoms with E-state index in [-0.39, 0.29) is 17.7 Å². The predicted octanol–water partition coefficient (Wildman–Crippen LogP) is 4.65. The highest BCUT2D eigenvalue weighted by Crippen LogP contribution is 2.30. The summed E-state index contributed by atoms with van der Waals surface area (Å²) in [6.07, 6.45) is 0. The third-order valence-corrected chi connectivity index (χ3v) is 3.81. The summed E-state index contributed by atoms with van der Waals surface area (Å²) in [5.74, 6) is -0.550. The first-order valence-electron chi connectivity index (χ1n) is 6.32. The van der Waals surface area contributed by atoms with Crippen molar-refractivity contribution in [1.29, 1.82) is 0 Å². The molecule has 4 heteroatoms. The fraction of sp³-hybridized carbons (Fsp3) is 0.250. The first kappa shape index (κ1) is 15.1. The van der Waals surface area contributed by atoms with Crippen LogP contribution in [0.1, 0.15) is 28.3 Å². The summed E-state index contributed by atoms with van der Waals surface area (Å²) in [6, 6.07) is 7.60. The van der Waals surface area contributed by atoms with Crippen molar-refractivity contribution in [3.05, 3.63) is 68.7 Å². The molecule has 1 N–H and O–H groups in total. The quantitative estimate of drug-likeness (QED) is 0.857. The summed E-state index contributed by atoms with van der Waals surface area (Å²) < 4.78 is 27.7. The largest absolute Gasteiger partial charge is 0.309 e. The molecule has 1 nitrogen and oxygen atoms in total. The standard InChI is InChI=1S/C16H16BrF2N/c1-9-4-13(18)5-10(2)15(9)16(20-3)11-6-12(17)8-14(19)7-11/h4-8,16,20H,1-3H3. The zero-order valence-corrected chi connectivity index (χ0v) is 13.2. The second kappa shape index (κ2) is 6.02. The van der Waals surface area contributed by atoms with E-state index in [1.165, 1.54) is 24.3 Å². The Kier molecular flexibility index (Phi) is 4.55. The van der Waals surface area contributed by atoms with Crippen LogP contribution in [0.3, 0.4) is 0 Å². The van der Waals surface area contributed by atoms with Gasteiger partial charge in [0.1, 0.15) is 11.6 Å². The smallest absolute Gasteiger partial charge is 0.124 e. The summed E-state index contributed by atoms with van der Waals surface area (Å²) in [5.41, 5.74) is 3.48. The van der Waals surface area contributed by atoms with Crippen LogP contribution in [-0.4, -0.2) is 7.05 Å². The van der Waals surface area contributed by atoms with Gasteiger partial charge < -0.3 is 5.32 Å². The molecule has 0 bridgehead atoms. The molecule has 20 heavy (non-hydrogen) atoms. The second-order valence-electron chi connectivity index (χ2n) is 4.88. The van der Waals surface area contributed by atoms with E-state index >= 15 is 0 Å². The predicted molar refractivity (Wildman–Crippen MR) is 80.9 cm³/mol. The zero-order valence-electron chi connectivity index (χ0n) is 11.6. The molecule has 0 heterocycles. The highest BCUT2D eigenvalue weighted by molar-refractivity contribution is 9.10. The van der Waals surface area contributed by atoms with Gasteiger partial charge >= 0.3 is 0 Å². The average Bonchev–Trinajstić information content (AvgIpc) is 2.32. The minimum atomic E-state index is -0.299. The Morgan fingerprint density at radius 1 is 0.950 bits per heavy atom. The molecule has 0 radical (unpaired) electrons. The molecule has 0 saturated heterocycles. The van der Waals surface area contributed by atoms with Gasteiger partial charge in [-0.2, -0.15) is 0 Å². The van der Waals surface area contributed by atoms with Gasteiger partial charge in [0, 0.05) is 4.47 Å². The lowest BCUT2D eigenvalue weighted by Gasteiger charge is -2.22. The van der Waals surface area contributed by atoms with Crippen LogP contribution in [0.15, 0.2) is 34.8 Å². The van der Waals surface area contributed by atoms with Crippen LogP contribution in [0.4, 0.5) is 8.78 Å². The maximum atomic E-state index is 13.6. The zero-order chi connectivity index (χ0) is 14.9. The molecule has 2 aromatic rings. The van der Waals surface area contributed by atoms with E-state index in [4.69, 9.17) is 0 Å². The van der Waals surface area contributed by atoms with Crippen LogP contribution < -0.4 is 5.32 Å². The number of aryl methyl sites for hydroxylation is 2. The lowest BCUT2D eigenvalue weighted by molar-refractivity contribution is 0.608. The maximum absolute atomic E-state index is 13.6. The Balaban J connectivity index is 2.58. The van der Waals surface area contributed by atoms with Gasteiger partial charge in [-0.3, -0.25) is 0 Å². The third-order valence-electron chi connectivity index (χ3n) is 3.35. The Labute approximate surface area is 126 Å². The first-order chi connectivity index (χ1) is 9.42. The van der Waals surface area contributed by atoms with E-state index in [2.05, 4.69) is 21.2 Å². The van der Waals surface area contributed by atoms with Crippen LogP contribution in [-0.2, 0) is 0 Å². The monoisotopic (exact) mass is 339 g/mol. The van der Waals surface area contributed by atoms with Crippen LogP contribution in [0.25, 0.3) is 0 Å².